The van der Waals surface area contributed by atoms with Gasteiger partial charge in [-0.2, -0.15) is 0 Å². The van der Waals surface area contributed by atoms with E-state index in [-0.39, 0.29) is 23.2 Å². The first-order valence-corrected chi connectivity index (χ1v) is 11.6. The van der Waals surface area contributed by atoms with Gasteiger partial charge < -0.3 is 15.7 Å². The Morgan fingerprint density at radius 1 is 1.12 bits per heavy atom. The average molecular weight is 436 g/mol. The maximum absolute atomic E-state index is 12.7. The number of phenols is 1. The van der Waals surface area contributed by atoms with Crippen LogP contribution >= 0.6 is 0 Å². The molecular formula is C25H33N5O2. The lowest BCUT2D eigenvalue weighted by atomic mass is 9.81. The van der Waals surface area contributed by atoms with Crippen LogP contribution in [0.3, 0.4) is 0 Å². The van der Waals surface area contributed by atoms with Crippen molar-refractivity contribution in [2.75, 3.05) is 5.32 Å². The number of aromatic nitrogens is 3. The quantitative estimate of drug-likeness (QED) is 0.456. The molecule has 0 spiro atoms. The van der Waals surface area contributed by atoms with Crippen LogP contribution in [0.5, 0.6) is 5.75 Å². The minimum absolute atomic E-state index is 0.0449. The summed E-state index contributed by atoms with van der Waals surface area (Å²) in [6.07, 6.45) is 6.39. The highest BCUT2D eigenvalue weighted by atomic mass is 16.3. The third-order valence-electron chi connectivity index (χ3n) is 6.70. The number of urea groups is 1. The number of aryl methyl sites for hydroxylation is 1. The first kappa shape index (κ1) is 22.1. The zero-order chi connectivity index (χ0) is 22.9. The Morgan fingerprint density at radius 2 is 1.84 bits per heavy atom. The highest BCUT2D eigenvalue weighted by Crippen LogP contribution is 2.38. The Hall–Kier alpha value is -3.09. The van der Waals surface area contributed by atoms with E-state index in [1.165, 1.54) is 11.2 Å². The topological polar surface area (TPSA) is 92.1 Å². The maximum Gasteiger partial charge on any atom is 0.319 e. The number of rotatable bonds is 5. The van der Waals surface area contributed by atoms with Crippen LogP contribution in [0.4, 0.5) is 10.5 Å². The molecule has 170 valence electrons. The molecule has 0 aliphatic heterocycles. The normalized spacial score (nSPS) is 15.1. The molecule has 1 heterocycles. The number of hydrogen-bond acceptors (Lipinski definition) is 4. The fourth-order valence-electron chi connectivity index (χ4n) is 4.18. The molecule has 1 aromatic heterocycles. The third kappa shape index (κ3) is 4.56. The average Bonchev–Trinajstić information content (AvgIpc) is 3.18. The van der Waals surface area contributed by atoms with Gasteiger partial charge in [0.15, 0.2) is 5.75 Å². The molecule has 4 rings (SSSR count). The molecule has 0 bridgehead atoms. The molecule has 7 nitrogen and oxygen atoms in total. The maximum atomic E-state index is 12.7. The molecular weight excluding hydrogens is 402 g/mol. The lowest BCUT2D eigenvalue weighted by Gasteiger charge is -2.26. The van der Waals surface area contributed by atoms with Crippen LogP contribution in [0, 0.1) is 6.92 Å². The van der Waals surface area contributed by atoms with E-state index in [1.54, 1.807) is 0 Å². The summed E-state index contributed by atoms with van der Waals surface area (Å²) < 4.78 is 0. The second kappa shape index (κ2) is 8.81. The minimum Gasteiger partial charge on any atom is -0.504 e. The molecule has 3 N–H and O–H groups in total. The van der Waals surface area contributed by atoms with Crippen LogP contribution in [0.15, 0.2) is 30.3 Å². The van der Waals surface area contributed by atoms with Crippen LogP contribution in [0.2, 0.25) is 0 Å². The molecule has 1 aliphatic rings. The number of nitrogens with one attached hydrogen (secondary N) is 2. The van der Waals surface area contributed by atoms with E-state index in [0.717, 1.165) is 54.3 Å². The fourth-order valence-corrected chi connectivity index (χ4v) is 4.18. The van der Waals surface area contributed by atoms with Crippen LogP contribution in [-0.4, -0.2) is 32.2 Å². The molecule has 1 saturated carbocycles. The van der Waals surface area contributed by atoms with Gasteiger partial charge in [0.05, 0.1) is 5.69 Å². The van der Waals surface area contributed by atoms with E-state index in [1.807, 2.05) is 37.3 Å². The van der Waals surface area contributed by atoms with Crippen molar-refractivity contribution in [1.82, 2.24) is 20.3 Å². The number of benzene rings is 2. The minimum atomic E-state index is -0.293. The van der Waals surface area contributed by atoms with Crippen LogP contribution in [0.25, 0.3) is 16.7 Å². The number of anilines is 1. The van der Waals surface area contributed by atoms with Gasteiger partial charge in [0.2, 0.25) is 0 Å². The number of phenolic OH excluding ortho intramolecular Hbond substituents is 1. The summed E-state index contributed by atoms with van der Waals surface area (Å²) >= 11 is 0. The zero-order valence-electron chi connectivity index (χ0n) is 19.4. The van der Waals surface area contributed by atoms with Crippen molar-refractivity contribution >= 4 is 22.8 Å². The Labute approximate surface area is 189 Å². The summed E-state index contributed by atoms with van der Waals surface area (Å²) in [5.74, 6) is -0.0449. The van der Waals surface area contributed by atoms with E-state index >= 15 is 0 Å². The standard InChI is InChI=1S/C25H33N5O2/c1-5-25(3,4)17-14-21(27-24(32)26-18-9-7-6-8-10-18)23(31)22(15-17)30-28-19-12-11-16(2)13-20(19)29-30/h11-15,18,31H,5-10H2,1-4H3,(H2,26,27,32). The molecule has 0 atom stereocenters. The van der Waals surface area contributed by atoms with Crippen molar-refractivity contribution < 1.29 is 9.90 Å². The number of hydrogen-bond donors (Lipinski definition) is 3. The Bertz CT molecular complexity index is 1130. The first-order valence-electron chi connectivity index (χ1n) is 11.6. The number of nitrogens with zero attached hydrogens (tertiary/aromatic N) is 3. The Morgan fingerprint density at radius 3 is 2.56 bits per heavy atom. The lowest BCUT2D eigenvalue weighted by Crippen LogP contribution is -2.39. The molecule has 0 unspecified atom stereocenters. The predicted molar refractivity (Wildman–Crippen MR) is 128 cm³/mol. The van der Waals surface area contributed by atoms with Gasteiger partial charge in [-0.25, -0.2) is 4.79 Å². The molecule has 2 aromatic carbocycles. The van der Waals surface area contributed by atoms with Gasteiger partial charge in [0, 0.05) is 6.04 Å². The van der Waals surface area contributed by atoms with Gasteiger partial charge in [0.25, 0.3) is 0 Å². The van der Waals surface area contributed by atoms with Gasteiger partial charge in [-0.15, -0.1) is 15.0 Å². The number of carbonyl (C=O) groups is 1. The Kier molecular flexibility index (Phi) is 6.09. The van der Waals surface area contributed by atoms with Crippen molar-refractivity contribution in [2.24, 2.45) is 0 Å². The van der Waals surface area contributed by atoms with Crippen LogP contribution in [0.1, 0.15) is 70.4 Å². The van der Waals surface area contributed by atoms with Crippen LogP contribution in [-0.2, 0) is 5.41 Å². The highest BCUT2D eigenvalue weighted by molar-refractivity contribution is 5.92. The number of carbonyl (C=O) groups excluding carboxylic acids is 1. The van der Waals surface area contributed by atoms with Crippen molar-refractivity contribution in [3.63, 3.8) is 0 Å². The van der Waals surface area contributed by atoms with E-state index < -0.39 is 0 Å². The van der Waals surface area contributed by atoms with Crippen molar-refractivity contribution in [2.45, 2.75) is 77.7 Å². The lowest BCUT2D eigenvalue weighted by molar-refractivity contribution is 0.244. The summed E-state index contributed by atoms with van der Waals surface area (Å²) in [6, 6.07) is 9.53. The highest BCUT2D eigenvalue weighted by Gasteiger charge is 2.24. The van der Waals surface area contributed by atoms with Gasteiger partial charge in [0.1, 0.15) is 16.7 Å². The first-order chi connectivity index (χ1) is 15.3. The third-order valence-corrected chi connectivity index (χ3v) is 6.70. The zero-order valence-corrected chi connectivity index (χ0v) is 19.4. The second-order valence-corrected chi connectivity index (χ2v) is 9.54. The molecule has 0 saturated heterocycles. The van der Waals surface area contributed by atoms with E-state index in [9.17, 15) is 9.90 Å². The number of aromatic hydroxyl groups is 1. The summed E-state index contributed by atoms with van der Waals surface area (Å²) in [4.78, 5) is 14.2. The number of amides is 2. The SMILES string of the molecule is CCC(C)(C)c1cc(NC(=O)NC2CCCCC2)c(O)c(-n2nc3ccc(C)cc3n2)c1. The summed E-state index contributed by atoms with van der Waals surface area (Å²) in [5.41, 5.74) is 4.27. The second-order valence-electron chi connectivity index (χ2n) is 9.54. The van der Waals surface area contributed by atoms with Gasteiger partial charge in [-0.3, -0.25) is 0 Å². The molecule has 1 aliphatic carbocycles. The van der Waals surface area contributed by atoms with Gasteiger partial charge in [-0.05, 0) is 67.0 Å². The fraction of sp³-hybridized carbons (Fsp3) is 0.480. The molecule has 32 heavy (non-hydrogen) atoms. The molecule has 2 amide bonds. The smallest absolute Gasteiger partial charge is 0.319 e. The van der Waals surface area contributed by atoms with Crippen molar-refractivity contribution in [3.05, 3.63) is 41.5 Å². The summed E-state index contributed by atoms with van der Waals surface area (Å²) in [7, 11) is 0. The van der Waals surface area contributed by atoms with Gasteiger partial charge in [-0.1, -0.05) is 46.1 Å². The molecule has 7 heteroatoms. The van der Waals surface area contributed by atoms with Crippen molar-refractivity contribution in [1.29, 1.82) is 0 Å². The summed E-state index contributed by atoms with van der Waals surface area (Å²) in [5, 5.41) is 26.2. The largest absolute Gasteiger partial charge is 0.504 e. The monoisotopic (exact) mass is 435 g/mol. The molecule has 3 aromatic rings. The predicted octanol–water partition coefficient (Wildman–Crippen LogP) is 5.58. The summed E-state index contributed by atoms with van der Waals surface area (Å²) in [6.45, 7) is 8.42. The number of fused-ring (bicyclic) bond motifs is 1. The van der Waals surface area contributed by atoms with Gasteiger partial charge >= 0.3 is 6.03 Å². The van der Waals surface area contributed by atoms with E-state index in [0.29, 0.717) is 11.4 Å². The molecule has 1 fully saturated rings. The molecule has 0 radical (unpaired) electrons. The van der Waals surface area contributed by atoms with E-state index in [4.69, 9.17) is 0 Å². The van der Waals surface area contributed by atoms with E-state index in [2.05, 4.69) is 41.6 Å². The van der Waals surface area contributed by atoms with Crippen LogP contribution < -0.4 is 10.6 Å². The van der Waals surface area contributed by atoms with Crippen molar-refractivity contribution in [3.8, 4) is 11.4 Å². The Balaban J connectivity index is 1.72.